The largest absolute Gasteiger partial charge is 0.309 e. The normalized spacial score (nSPS) is 19.9. The minimum atomic E-state index is 0. The lowest BCUT2D eigenvalue weighted by molar-refractivity contribution is 0.197. The molecule has 0 aliphatic carbocycles. The Morgan fingerprint density at radius 2 is 2.07 bits per heavy atom. The van der Waals surface area contributed by atoms with Gasteiger partial charge < -0.3 is 5.32 Å². The van der Waals surface area contributed by atoms with Gasteiger partial charge in [0.25, 0.3) is 0 Å². The van der Waals surface area contributed by atoms with E-state index in [0.717, 1.165) is 38.2 Å². The van der Waals surface area contributed by atoms with Crippen LogP contribution in [0.3, 0.4) is 0 Å². The molecule has 4 heterocycles. The predicted octanol–water partition coefficient (Wildman–Crippen LogP) is 3.82. The fraction of sp³-hybridized carbons (Fsp3) is 0.474. The Kier molecular flexibility index (Phi) is 6.76. The molecular formula is C19H25Cl2N5S. The zero-order valence-corrected chi connectivity index (χ0v) is 17.6. The lowest BCUT2D eigenvalue weighted by Gasteiger charge is -2.31. The second kappa shape index (κ2) is 8.88. The van der Waals surface area contributed by atoms with E-state index in [2.05, 4.69) is 45.2 Å². The van der Waals surface area contributed by atoms with Crippen molar-refractivity contribution in [3.8, 4) is 0 Å². The molecule has 0 bridgehead atoms. The molecule has 0 amide bonds. The van der Waals surface area contributed by atoms with Crippen molar-refractivity contribution in [2.24, 2.45) is 0 Å². The van der Waals surface area contributed by atoms with Gasteiger partial charge in [0.15, 0.2) is 0 Å². The van der Waals surface area contributed by atoms with Gasteiger partial charge in [-0.1, -0.05) is 12.1 Å². The number of benzene rings is 1. The Hall–Kier alpha value is -1.18. The van der Waals surface area contributed by atoms with Crippen molar-refractivity contribution < 1.29 is 0 Å². The SMILES string of the molecule is Cl.Cl.c1ccc2sc(C3CCCN(Cc4cc5n(n4)CCNC5)C3)nc2c1. The van der Waals surface area contributed by atoms with Crippen molar-refractivity contribution in [3.05, 3.63) is 46.7 Å². The van der Waals surface area contributed by atoms with Crippen LogP contribution in [-0.2, 0) is 19.6 Å². The number of likely N-dealkylation sites (tertiary alicyclic amines) is 1. The standard InChI is InChI=1S/C19H23N5S.2ClH/c1-2-6-18-17(5-1)21-19(25-18)14-4-3-8-23(12-14)13-15-10-16-11-20-7-9-24(16)22-15;;/h1-2,5-6,10,14,20H,3-4,7-9,11-13H2;2*1H. The summed E-state index contributed by atoms with van der Waals surface area (Å²) in [6, 6.07) is 10.8. The maximum Gasteiger partial charge on any atom is 0.0982 e. The van der Waals surface area contributed by atoms with Crippen molar-refractivity contribution in [3.63, 3.8) is 0 Å². The van der Waals surface area contributed by atoms with E-state index >= 15 is 0 Å². The van der Waals surface area contributed by atoms with Crippen LogP contribution in [0.15, 0.2) is 30.3 Å². The van der Waals surface area contributed by atoms with Crippen LogP contribution in [-0.4, -0.2) is 39.3 Å². The van der Waals surface area contributed by atoms with Gasteiger partial charge in [0.1, 0.15) is 0 Å². The molecule has 2 aliphatic rings. The first-order valence-electron chi connectivity index (χ1n) is 9.19. The average molecular weight is 426 g/mol. The first-order chi connectivity index (χ1) is 12.3. The number of thiazole rings is 1. The summed E-state index contributed by atoms with van der Waals surface area (Å²) < 4.78 is 3.48. The Morgan fingerprint density at radius 3 is 2.93 bits per heavy atom. The van der Waals surface area contributed by atoms with Gasteiger partial charge in [0.2, 0.25) is 0 Å². The van der Waals surface area contributed by atoms with Gasteiger partial charge in [-0.25, -0.2) is 4.98 Å². The third-order valence-electron chi connectivity index (χ3n) is 5.27. The van der Waals surface area contributed by atoms with E-state index in [4.69, 9.17) is 10.1 Å². The molecule has 146 valence electrons. The van der Waals surface area contributed by atoms with Gasteiger partial charge in [0.05, 0.1) is 33.2 Å². The lowest BCUT2D eigenvalue weighted by Crippen LogP contribution is -2.34. The molecule has 2 aromatic heterocycles. The van der Waals surface area contributed by atoms with Gasteiger partial charge >= 0.3 is 0 Å². The van der Waals surface area contributed by atoms with Crippen LogP contribution in [0.25, 0.3) is 10.2 Å². The summed E-state index contributed by atoms with van der Waals surface area (Å²) >= 11 is 1.87. The molecule has 2 aliphatic heterocycles. The van der Waals surface area contributed by atoms with Crippen molar-refractivity contribution in [1.82, 2.24) is 25.0 Å². The molecule has 0 radical (unpaired) electrons. The highest BCUT2D eigenvalue weighted by molar-refractivity contribution is 7.18. The van der Waals surface area contributed by atoms with Crippen LogP contribution < -0.4 is 5.32 Å². The monoisotopic (exact) mass is 425 g/mol. The first kappa shape index (κ1) is 20.6. The molecule has 1 saturated heterocycles. The van der Waals surface area contributed by atoms with Crippen LogP contribution in [0, 0.1) is 0 Å². The number of rotatable bonds is 3. The lowest BCUT2D eigenvalue weighted by atomic mass is 9.98. The Labute approximate surface area is 176 Å². The maximum absolute atomic E-state index is 4.89. The fourth-order valence-electron chi connectivity index (χ4n) is 4.02. The van der Waals surface area contributed by atoms with E-state index < -0.39 is 0 Å². The smallest absolute Gasteiger partial charge is 0.0982 e. The Bertz CT molecular complexity index is 837. The third kappa shape index (κ3) is 4.30. The number of aromatic nitrogens is 3. The molecule has 27 heavy (non-hydrogen) atoms. The Balaban J connectivity index is 0.00000105. The molecule has 1 fully saturated rings. The van der Waals surface area contributed by atoms with Gasteiger partial charge in [-0.05, 0) is 37.6 Å². The molecular weight excluding hydrogens is 401 g/mol. The number of fused-ring (bicyclic) bond motifs is 2. The van der Waals surface area contributed by atoms with Crippen LogP contribution in [0.1, 0.15) is 35.2 Å². The second-order valence-corrected chi connectivity index (χ2v) is 8.18. The fourth-order valence-corrected chi connectivity index (χ4v) is 5.12. The predicted molar refractivity (Wildman–Crippen MR) is 115 cm³/mol. The number of nitrogens with zero attached hydrogens (tertiary/aromatic N) is 4. The molecule has 0 spiro atoms. The minimum absolute atomic E-state index is 0. The summed E-state index contributed by atoms with van der Waals surface area (Å²) in [7, 11) is 0. The Morgan fingerprint density at radius 1 is 1.19 bits per heavy atom. The molecule has 0 saturated carbocycles. The second-order valence-electron chi connectivity index (χ2n) is 7.12. The van der Waals surface area contributed by atoms with Crippen LogP contribution in [0.4, 0.5) is 0 Å². The maximum atomic E-state index is 4.89. The quantitative estimate of drug-likeness (QED) is 0.692. The summed E-state index contributed by atoms with van der Waals surface area (Å²) in [5.41, 5.74) is 3.68. The molecule has 3 aromatic rings. The molecule has 5 nitrogen and oxygen atoms in total. The van der Waals surface area contributed by atoms with Crippen molar-refractivity contribution >= 4 is 46.4 Å². The molecule has 1 aromatic carbocycles. The van der Waals surface area contributed by atoms with Crippen LogP contribution in [0.2, 0.25) is 0 Å². The number of hydrogen-bond acceptors (Lipinski definition) is 5. The van der Waals surface area contributed by atoms with Crippen molar-refractivity contribution in [2.45, 2.75) is 38.4 Å². The van der Waals surface area contributed by atoms with E-state index in [9.17, 15) is 0 Å². The van der Waals surface area contributed by atoms with Crippen LogP contribution in [0.5, 0.6) is 0 Å². The average Bonchev–Trinajstić information content (AvgIpc) is 3.25. The van der Waals surface area contributed by atoms with Crippen LogP contribution >= 0.6 is 36.2 Å². The van der Waals surface area contributed by atoms with E-state index in [-0.39, 0.29) is 24.8 Å². The zero-order valence-electron chi connectivity index (χ0n) is 15.1. The summed E-state index contributed by atoms with van der Waals surface area (Å²) in [6.45, 7) is 6.19. The number of hydrogen-bond donors (Lipinski definition) is 1. The van der Waals surface area contributed by atoms with E-state index in [1.807, 2.05) is 11.3 Å². The van der Waals surface area contributed by atoms with Gasteiger partial charge in [-0.15, -0.1) is 36.2 Å². The highest BCUT2D eigenvalue weighted by Crippen LogP contribution is 2.33. The van der Waals surface area contributed by atoms with Gasteiger partial charge in [0, 0.05) is 32.1 Å². The molecule has 1 atom stereocenters. The highest BCUT2D eigenvalue weighted by atomic mass is 35.5. The number of para-hydroxylation sites is 1. The van der Waals surface area contributed by atoms with E-state index in [1.54, 1.807) is 0 Å². The third-order valence-corrected chi connectivity index (χ3v) is 6.47. The topological polar surface area (TPSA) is 46.0 Å². The van der Waals surface area contributed by atoms with Crippen molar-refractivity contribution in [1.29, 1.82) is 0 Å². The van der Waals surface area contributed by atoms with Gasteiger partial charge in [-0.2, -0.15) is 5.10 Å². The van der Waals surface area contributed by atoms with E-state index in [1.165, 1.54) is 40.5 Å². The minimum Gasteiger partial charge on any atom is -0.309 e. The van der Waals surface area contributed by atoms with E-state index in [0.29, 0.717) is 5.92 Å². The molecule has 5 rings (SSSR count). The van der Waals surface area contributed by atoms with Gasteiger partial charge in [-0.3, -0.25) is 9.58 Å². The van der Waals surface area contributed by atoms with Crippen molar-refractivity contribution in [2.75, 3.05) is 19.6 Å². The first-order valence-corrected chi connectivity index (χ1v) is 10.0. The molecule has 8 heteroatoms. The number of halogens is 2. The zero-order chi connectivity index (χ0) is 16.6. The summed E-state index contributed by atoms with van der Waals surface area (Å²) in [5.74, 6) is 0.560. The highest BCUT2D eigenvalue weighted by Gasteiger charge is 2.25. The summed E-state index contributed by atoms with van der Waals surface area (Å²) in [4.78, 5) is 7.45. The summed E-state index contributed by atoms with van der Waals surface area (Å²) in [5, 5.41) is 9.52. The molecule has 1 N–H and O–H groups in total. The molecule has 1 unspecified atom stereocenters. The number of nitrogens with one attached hydrogen (secondary N) is 1. The summed E-state index contributed by atoms with van der Waals surface area (Å²) in [6.07, 6.45) is 2.50. The number of piperidine rings is 1.